The molecule has 1 aliphatic heterocycles. The average Bonchev–Trinajstić information content (AvgIpc) is 3.09. The van der Waals surface area contributed by atoms with E-state index in [1.807, 2.05) is 6.07 Å². The van der Waals surface area contributed by atoms with Crippen molar-refractivity contribution in [3.05, 3.63) is 63.8 Å². The van der Waals surface area contributed by atoms with Gasteiger partial charge in [-0.1, -0.05) is 23.9 Å². The number of phenolic OH excluding ortho intramolecular Hbond substituents is 1. The number of alkyl halides is 3. The largest absolute Gasteiger partial charge is 0.506 e. The van der Waals surface area contributed by atoms with Crippen molar-refractivity contribution in [2.75, 3.05) is 17.2 Å². The molecule has 0 spiro atoms. The summed E-state index contributed by atoms with van der Waals surface area (Å²) in [5, 5.41) is 20.1. The van der Waals surface area contributed by atoms with Crippen LogP contribution >= 0.6 is 23.5 Å². The Morgan fingerprint density at radius 3 is 2.63 bits per heavy atom. The van der Waals surface area contributed by atoms with Crippen LogP contribution in [-0.4, -0.2) is 17.4 Å². The zero-order valence-corrected chi connectivity index (χ0v) is 15.3. The molecule has 0 aromatic heterocycles. The Hall–Kier alpha value is -2.31. The van der Waals surface area contributed by atoms with Crippen LogP contribution in [0.4, 0.5) is 23.2 Å². The summed E-state index contributed by atoms with van der Waals surface area (Å²) in [5.74, 6) is -0.191. The van der Waals surface area contributed by atoms with Crippen molar-refractivity contribution in [1.29, 1.82) is 5.26 Å². The van der Waals surface area contributed by atoms with E-state index in [-0.39, 0.29) is 15.6 Å². The molecule has 3 rings (SSSR count). The Balaban J connectivity index is 2.00. The van der Waals surface area contributed by atoms with Crippen molar-refractivity contribution in [1.82, 2.24) is 0 Å². The van der Waals surface area contributed by atoms with Crippen LogP contribution in [0.5, 0.6) is 5.75 Å². The zero-order chi connectivity index (χ0) is 19.6. The van der Waals surface area contributed by atoms with Gasteiger partial charge in [0, 0.05) is 17.2 Å². The lowest BCUT2D eigenvalue weighted by Crippen LogP contribution is -2.17. The molecule has 2 aromatic carbocycles. The average molecular weight is 412 g/mol. The number of para-hydroxylation sites is 2. The minimum Gasteiger partial charge on any atom is -0.506 e. The van der Waals surface area contributed by atoms with E-state index in [2.05, 4.69) is 0 Å². The summed E-state index contributed by atoms with van der Waals surface area (Å²) in [6.45, 7) is 0.508. The molecular formula is C18H12F4N2OS2. The molecule has 0 radical (unpaired) electrons. The van der Waals surface area contributed by atoms with E-state index in [9.17, 15) is 27.9 Å². The molecule has 0 saturated carbocycles. The molecule has 1 aliphatic rings. The van der Waals surface area contributed by atoms with Crippen LogP contribution in [-0.2, 0) is 6.18 Å². The number of allylic oxidation sites excluding steroid dienone is 1. The highest BCUT2D eigenvalue weighted by Gasteiger charge is 2.32. The van der Waals surface area contributed by atoms with E-state index in [0.29, 0.717) is 46.9 Å². The lowest BCUT2D eigenvalue weighted by molar-refractivity contribution is -0.137. The SMILES string of the molecule is N#C/C(Sc1cc(C(F)(F)F)ccc1F)=C1/SCCN1c1ccccc1O. The number of benzene rings is 2. The van der Waals surface area contributed by atoms with Crippen LogP contribution in [0.2, 0.25) is 0 Å². The second-order valence-corrected chi connectivity index (χ2v) is 7.62. The minimum atomic E-state index is -4.60. The molecule has 0 unspecified atom stereocenters. The van der Waals surface area contributed by atoms with Crippen molar-refractivity contribution < 1.29 is 22.7 Å². The van der Waals surface area contributed by atoms with Gasteiger partial charge < -0.3 is 10.0 Å². The molecule has 140 valence electrons. The van der Waals surface area contributed by atoms with Gasteiger partial charge in [0.1, 0.15) is 27.6 Å². The molecule has 2 aromatic rings. The first-order chi connectivity index (χ1) is 12.8. The summed E-state index contributed by atoms with van der Waals surface area (Å²) in [5.41, 5.74) is -0.499. The van der Waals surface area contributed by atoms with Gasteiger partial charge in [-0.25, -0.2) is 4.39 Å². The predicted molar refractivity (Wildman–Crippen MR) is 97.8 cm³/mol. The smallest absolute Gasteiger partial charge is 0.416 e. The van der Waals surface area contributed by atoms with E-state index in [4.69, 9.17) is 0 Å². The third-order valence-electron chi connectivity index (χ3n) is 3.74. The molecule has 0 bridgehead atoms. The van der Waals surface area contributed by atoms with Crippen molar-refractivity contribution >= 4 is 29.2 Å². The van der Waals surface area contributed by atoms with Gasteiger partial charge in [-0.3, -0.25) is 0 Å². The molecule has 27 heavy (non-hydrogen) atoms. The van der Waals surface area contributed by atoms with Crippen molar-refractivity contribution in [3.63, 3.8) is 0 Å². The lowest BCUT2D eigenvalue weighted by Gasteiger charge is -2.21. The van der Waals surface area contributed by atoms with Gasteiger partial charge in [-0.15, -0.1) is 11.8 Å². The van der Waals surface area contributed by atoms with E-state index < -0.39 is 17.6 Å². The maximum absolute atomic E-state index is 14.0. The Kier molecular flexibility index (Phi) is 5.58. The first kappa shape index (κ1) is 19.5. The van der Waals surface area contributed by atoms with Gasteiger partial charge in [0.05, 0.1) is 11.3 Å². The highest BCUT2D eigenvalue weighted by molar-refractivity contribution is 8.07. The summed E-state index contributed by atoms with van der Waals surface area (Å²) in [6.07, 6.45) is -4.60. The number of nitrogens with zero attached hydrogens (tertiary/aromatic N) is 2. The number of thioether (sulfide) groups is 2. The molecule has 0 amide bonds. The summed E-state index contributed by atoms with van der Waals surface area (Å²) in [7, 11) is 0. The van der Waals surface area contributed by atoms with E-state index in [1.54, 1.807) is 23.1 Å². The number of hydrogen-bond acceptors (Lipinski definition) is 5. The molecule has 1 heterocycles. The summed E-state index contributed by atoms with van der Waals surface area (Å²) in [6, 6.07) is 10.6. The van der Waals surface area contributed by atoms with Gasteiger partial charge >= 0.3 is 6.18 Å². The first-order valence-electron chi connectivity index (χ1n) is 7.68. The fraction of sp³-hybridized carbons (Fsp3) is 0.167. The first-order valence-corrected chi connectivity index (χ1v) is 9.49. The van der Waals surface area contributed by atoms with Crippen LogP contribution in [0, 0.1) is 17.1 Å². The van der Waals surface area contributed by atoms with Crippen molar-refractivity contribution in [2.24, 2.45) is 0 Å². The van der Waals surface area contributed by atoms with Crippen LogP contribution < -0.4 is 4.90 Å². The maximum atomic E-state index is 14.0. The fourth-order valence-electron chi connectivity index (χ4n) is 2.51. The van der Waals surface area contributed by atoms with Crippen LogP contribution in [0.25, 0.3) is 0 Å². The Bertz CT molecular complexity index is 938. The molecule has 3 nitrogen and oxygen atoms in total. The minimum absolute atomic E-state index is 0.0186. The lowest BCUT2D eigenvalue weighted by atomic mass is 10.2. The van der Waals surface area contributed by atoms with Crippen molar-refractivity contribution in [2.45, 2.75) is 11.1 Å². The number of rotatable bonds is 3. The number of aromatic hydroxyl groups is 1. The predicted octanol–water partition coefficient (Wildman–Crippen LogP) is 5.59. The second kappa shape index (κ2) is 7.74. The molecule has 1 saturated heterocycles. The fourth-order valence-corrected chi connectivity index (χ4v) is 4.61. The summed E-state index contributed by atoms with van der Waals surface area (Å²) < 4.78 is 52.7. The van der Waals surface area contributed by atoms with Gasteiger partial charge in [-0.2, -0.15) is 18.4 Å². The summed E-state index contributed by atoms with van der Waals surface area (Å²) >= 11 is 1.97. The highest BCUT2D eigenvalue weighted by atomic mass is 32.2. The molecule has 1 fully saturated rings. The molecule has 9 heteroatoms. The zero-order valence-electron chi connectivity index (χ0n) is 13.6. The molecule has 0 aliphatic carbocycles. The van der Waals surface area contributed by atoms with E-state index >= 15 is 0 Å². The van der Waals surface area contributed by atoms with E-state index in [1.165, 1.54) is 17.8 Å². The monoisotopic (exact) mass is 412 g/mol. The van der Waals surface area contributed by atoms with Gasteiger partial charge in [0.15, 0.2) is 0 Å². The number of halogens is 4. The molecular weight excluding hydrogens is 400 g/mol. The Labute approximate surface area is 161 Å². The van der Waals surface area contributed by atoms with Gasteiger partial charge in [-0.05, 0) is 30.3 Å². The molecule has 0 atom stereocenters. The quantitative estimate of drug-likeness (QED) is 0.405. The van der Waals surface area contributed by atoms with Crippen LogP contribution in [0.3, 0.4) is 0 Å². The number of nitriles is 1. The topological polar surface area (TPSA) is 47.3 Å². The van der Waals surface area contributed by atoms with E-state index in [0.717, 1.165) is 6.07 Å². The van der Waals surface area contributed by atoms with Crippen molar-refractivity contribution in [3.8, 4) is 11.8 Å². The third-order valence-corrected chi connectivity index (χ3v) is 5.97. The standard InChI is InChI=1S/C18H12F4N2OS2/c19-12-6-5-11(18(20,21)22)9-15(12)27-16(10-23)17-24(7-8-26-17)13-3-1-2-4-14(13)25/h1-6,9,25H,7-8H2/b17-16-. The second-order valence-electron chi connectivity index (χ2n) is 5.48. The van der Waals surface area contributed by atoms with Crippen LogP contribution in [0.15, 0.2) is 57.3 Å². The normalized spacial score (nSPS) is 16.3. The Morgan fingerprint density at radius 2 is 1.96 bits per heavy atom. The van der Waals surface area contributed by atoms with Gasteiger partial charge in [0.25, 0.3) is 0 Å². The third kappa shape index (κ3) is 4.17. The van der Waals surface area contributed by atoms with Crippen LogP contribution in [0.1, 0.15) is 5.56 Å². The summed E-state index contributed by atoms with van der Waals surface area (Å²) in [4.78, 5) is 1.49. The maximum Gasteiger partial charge on any atom is 0.416 e. The number of anilines is 1. The molecule has 1 N–H and O–H groups in total. The number of hydrogen-bond donors (Lipinski definition) is 1. The highest BCUT2D eigenvalue weighted by Crippen LogP contribution is 2.44. The Morgan fingerprint density at radius 1 is 1.22 bits per heavy atom. The van der Waals surface area contributed by atoms with Gasteiger partial charge in [0.2, 0.25) is 0 Å². The number of phenols is 1.